The average Bonchev–Trinajstić information content (AvgIpc) is 3.16. The Morgan fingerprint density at radius 2 is 2.40 bits per heavy atom. The van der Waals surface area contributed by atoms with Gasteiger partial charge < -0.3 is 9.42 Å². The molecule has 0 saturated carbocycles. The van der Waals surface area contributed by atoms with Gasteiger partial charge in [0.15, 0.2) is 0 Å². The second-order valence-electron chi connectivity index (χ2n) is 4.85. The van der Waals surface area contributed by atoms with Crippen LogP contribution in [0.4, 0.5) is 0 Å². The van der Waals surface area contributed by atoms with Gasteiger partial charge in [-0.05, 0) is 18.6 Å². The van der Waals surface area contributed by atoms with Gasteiger partial charge >= 0.3 is 0 Å². The molecule has 0 N–H and O–H groups in total. The molecule has 0 spiro atoms. The Hall–Kier alpha value is -2.24. The highest BCUT2D eigenvalue weighted by molar-refractivity contribution is 5.76. The molecule has 104 valence electrons. The largest absolute Gasteiger partial charge is 0.342 e. The van der Waals surface area contributed by atoms with Gasteiger partial charge in [-0.1, -0.05) is 18.1 Å². The first-order valence-corrected chi connectivity index (χ1v) is 6.80. The van der Waals surface area contributed by atoms with Gasteiger partial charge in [-0.25, -0.2) is 0 Å². The molecule has 6 nitrogen and oxygen atoms in total. The molecule has 0 aromatic carbocycles. The van der Waals surface area contributed by atoms with Crippen molar-refractivity contribution in [3.05, 3.63) is 30.3 Å². The van der Waals surface area contributed by atoms with Gasteiger partial charge in [0.05, 0.1) is 5.92 Å². The van der Waals surface area contributed by atoms with E-state index < -0.39 is 0 Å². The molecule has 0 unspecified atom stereocenters. The summed E-state index contributed by atoms with van der Waals surface area (Å²) in [6, 6.07) is 5.57. The monoisotopic (exact) mass is 272 g/mol. The van der Waals surface area contributed by atoms with Crippen LogP contribution in [0.25, 0.3) is 11.5 Å². The highest BCUT2D eigenvalue weighted by atomic mass is 16.5. The summed E-state index contributed by atoms with van der Waals surface area (Å²) in [6.07, 6.45) is 3.11. The zero-order chi connectivity index (χ0) is 13.9. The van der Waals surface area contributed by atoms with E-state index in [1.54, 1.807) is 6.20 Å². The highest BCUT2D eigenvalue weighted by Crippen LogP contribution is 2.27. The maximum Gasteiger partial charge on any atom is 0.231 e. The molecule has 1 saturated heterocycles. The first kappa shape index (κ1) is 12.8. The number of aromatic nitrogens is 3. The Morgan fingerprint density at radius 1 is 1.50 bits per heavy atom. The first-order chi connectivity index (χ1) is 9.78. The molecular formula is C14H16N4O2. The van der Waals surface area contributed by atoms with Crippen LogP contribution in [0.1, 0.15) is 31.6 Å². The molecule has 1 amide bonds. The fraction of sp³-hybridized carbons (Fsp3) is 0.429. The minimum Gasteiger partial charge on any atom is -0.342 e. The second kappa shape index (κ2) is 5.40. The third-order valence-electron chi connectivity index (χ3n) is 3.53. The predicted molar refractivity (Wildman–Crippen MR) is 71.8 cm³/mol. The van der Waals surface area contributed by atoms with Crippen LogP contribution < -0.4 is 0 Å². The fourth-order valence-electron chi connectivity index (χ4n) is 2.41. The van der Waals surface area contributed by atoms with Crippen molar-refractivity contribution in [2.75, 3.05) is 13.1 Å². The van der Waals surface area contributed by atoms with Crippen LogP contribution in [0.3, 0.4) is 0 Å². The van der Waals surface area contributed by atoms with E-state index in [-0.39, 0.29) is 11.8 Å². The molecule has 0 bridgehead atoms. The van der Waals surface area contributed by atoms with Crippen LogP contribution in [0.2, 0.25) is 0 Å². The van der Waals surface area contributed by atoms with Crippen LogP contribution >= 0.6 is 0 Å². The lowest BCUT2D eigenvalue weighted by atomic mass is 10.1. The normalized spacial score (nSPS) is 18.4. The minimum absolute atomic E-state index is 0.135. The Morgan fingerprint density at radius 3 is 3.15 bits per heavy atom. The van der Waals surface area contributed by atoms with Crippen molar-refractivity contribution in [1.29, 1.82) is 0 Å². The summed E-state index contributed by atoms with van der Waals surface area (Å²) in [5.41, 5.74) is 0.696. The molecule has 2 aromatic rings. The molecular weight excluding hydrogens is 256 g/mol. The first-order valence-electron chi connectivity index (χ1n) is 6.80. The van der Waals surface area contributed by atoms with E-state index in [4.69, 9.17) is 4.52 Å². The van der Waals surface area contributed by atoms with Gasteiger partial charge in [0.25, 0.3) is 0 Å². The lowest BCUT2D eigenvalue weighted by Gasteiger charge is -2.13. The minimum atomic E-state index is 0.135. The summed E-state index contributed by atoms with van der Waals surface area (Å²) in [6.45, 7) is 3.30. The Bertz CT molecular complexity index is 596. The van der Waals surface area contributed by atoms with Crippen molar-refractivity contribution in [2.45, 2.75) is 25.7 Å². The van der Waals surface area contributed by atoms with E-state index in [2.05, 4.69) is 15.1 Å². The van der Waals surface area contributed by atoms with Crippen molar-refractivity contribution < 1.29 is 9.32 Å². The van der Waals surface area contributed by atoms with E-state index in [1.807, 2.05) is 30.0 Å². The molecule has 3 heterocycles. The third-order valence-corrected chi connectivity index (χ3v) is 3.53. The topological polar surface area (TPSA) is 72.1 Å². The van der Waals surface area contributed by atoms with Crippen LogP contribution in [0, 0.1) is 0 Å². The van der Waals surface area contributed by atoms with Crippen LogP contribution in [0.15, 0.2) is 28.9 Å². The van der Waals surface area contributed by atoms with Gasteiger partial charge in [-0.2, -0.15) is 4.98 Å². The van der Waals surface area contributed by atoms with E-state index in [9.17, 15) is 4.79 Å². The van der Waals surface area contributed by atoms with Gasteiger partial charge in [-0.15, -0.1) is 0 Å². The molecule has 2 aromatic heterocycles. The summed E-state index contributed by atoms with van der Waals surface area (Å²) < 4.78 is 5.33. The SMILES string of the molecule is CCC(=O)N1CC[C@H](c2nc(-c3ccccn3)no2)C1. The molecule has 3 rings (SSSR count). The smallest absolute Gasteiger partial charge is 0.231 e. The lowest BCUT2D eigenvalue weighted by molar-refractivity contribution is -0.129. The number of hydrogen-bond donors (Lipinski definition) is 0. The summed E-state index contributed by atoms with van der Waals surface area (Å²) >= 11 is 0. The third kappa shape index (κ3) is 2.41. The average molecular weight is 272 g/mol. The van der Waals surface area contributed by atoms with Crippen LogP contribution in [-0.4, -0.2) is 39.0 Å². The van der Waals surface area contributed by atoms with Gasteiger partial charge in [-0.3, -0.25) is 9.78 Å². The Labute approximate surface area is 116 Å². The van der Waals surface area contributed by atoms with Crippen molar-refractivity contribution in [3.8, 4) is 11.5 Å². The number of carbonyl (C=O) groups excluding carboxylic acids is 1. The molecule has 20 heavy (non-hydrogen) atoms. The van der Waals surface area contributed by atoms with E-state index in [1.165, 1.54) is 0 Å². The summed E-state index contributed by atoms with van der Waals surface area (Å²) in [5, 5.41) is 3.97. The van der Waals surface area contributed by atoms with Gasteiger partial charge in [0.2, 0.25) is 17.6 Å². The number of nitrogens with zero attached hydrogens (tertiary/aromatic N) is 4. The number of pyridine rings is 1. The van der Waals surface area contributed by atoms with Gasteiger partial charge in [0, 0.05) is 25.7 Å². The molecule has 1 atom stereocenters. The lowest BCUT2D eigenvalue weighted by Crippen LogP contribution is -2.27. The van der Waals surface area contributed by atoms with E-state index >= 15 is 0 Å². The standard InChI is InChI=1S/C14H16N4O2/c1-2-12(19)18-8-6-10(9-18)14-16-13(17-20-14)11-5-3-4-7-15-11/h3-5,7,10H,2,6,8-9H2,1H3/t10-/m0/s1. The molecule has 0 aliphatic carbocycles. The number of hydrogen-bond acceptors (Lipinski definition) is 5. The fourth-order valence-corrected chi connectivity index (χ4v) is 2.41. The van der Waals surface area contributed by atoms with Crippen molar-refractivity contribution in [2.24, 2.45) is 0 Å². The maximum atomic E-state index is 11.7. The quantitative estimate of drug-likeness (QED) is 0.852. The van der Waals surface area contributed by atoms with Crippen molar-refractivity contribution in [1.82, 2.24) is 20.0 Å². The number of likely N-dealkylation sites (tertiary alicyclic amines) is 1. The highest BCUT2D eigenvalue weighted by Gasteiger charge is 2.30. The van der Waals surface area contributed by atoms with Crippen LogP contribution in [-0.2, 0) is 4.79 Å². The zero-order valence-corrected chi connectivity index (χ0v) is 11.3. The maximum absolute atomic E-state index is 11.7. The molecule has 0 radical (unpaired) electrons. The summed E-state index contributed by atoms with van der Waals surface area (Å²) in [5.74, 6) is 1.41. The zero-order valence-electron chi connectivity index (χ0n) is 11.3. The van der Waals surface area contributed by atoms with E-state index in [0.717, 1.165) is 13.0 Å². The molecule has 1 aliphatic rings. The van der Waals surface area contributed by atoms with Gasteiger partial charge in [0.1, 0.15) is 5.69 Å². The summed E-state index contributed by atoms with van der Waals surface area (Å²) in [7, 11) is 0. The molecule has 1 aliphatic heterocycles. The number of rotatable bonds is 3. The van der Waals surface area contributed by atoms with Crippen molar-refractivity contribution >= 4 is 5.91 Å². The van der Waals surface area contributed by atoms with Crippen LogP contribution in [0.5, 0.6) is 0 Å². The molecule has 6 heteroatoms. The van der Waals surface area contributed by atoms with E-state index in [0.29, 0.717) is 30.4 Å². The van der Waals surface area contributed by atoms with Crippen molar-refractivity contribution in [3.63, 3.8) is 0 Å². The molecule has 1 fully saturated rings. The Kier molecular flexibility index (Phi) is 3.45. The second-order valence-corrected chi connectivity index (χ2v) is 4.85. The summed E-state index contributed by atoms with van der Waals surface area (Å²) in [4.78, 5) is 22.1. The number of carbonyl (C=O) groups is 1. The number of amides is 1. The predicted octanol–water partition coefficient (Wildman–Crippen LogP) is 1.86. The Balaban J connectivity index is 1.74.